The van der Waals surface area contributed by atoms with Gasteiger partial charge >= 0.3 is 5.97 Å². The molecule has 0 fully saturated rings. The zero-order valence-corrected chi connectivity index (χ0v) is 8.03. The third kappa shape index (κ3) is 2.05. The Bertz CT molecular complexity index is 332. The molecule has 0 radical (unpaired) electrons. The number of hydrogen-bond donors (Lipinski definition) is 1. The van der Waals surface area contributed by atoms with E-state index in [9.17, 15) is 4.79 Å². The zero-order valence-electron chi connectivity index (χ0n) is 8.03. The van der Waals surface area contributed by atoms with Gasteiger partial charge in [-0.3, -0.25) is 0 Å². The van der Waals surface area contributed by atoms with Gasteiger partial charge in [0.25, 0.3) is 0 Å². The third-order valence-electron chi connectivity index (χ3n) is 1.90. The van der Waals surface area contributed by atoms with Crippen molar-refractivity contribution in [2.75, 3.05) is 0 Å². The van der Waals surface area contributed by atoms with Crippen LogP contribution in [0.5, 0.6) is 0 Å². The molecule has 0 amide bonds. The maximum Gasteiger partial charge on any atom is 0.354 e. The predicted molar refractivity (Wildman–Crippen MR) is 50.0 cm³/mol. The van der Waals surface area contributed by atoms with Crippen LogP contribution < -0.4 is 0 Å². The largest absolute Gasteiger partial charge is 0.477 e. The molecule has 1 N–H and O–H groups in total. The van der Waals surface area contributed by atoms with Crippen molar-refractivity contribution < 1.29 is 9.90 Å². The van der Waals surface area contributed by atoms with E-state index in [0.29, 0.717) is 0 Å². The standard InChI is InChI=1S/C10H13NO2/c1-6(2)9-7(3)4-5-8(11-9)10(12)13/h4-6H,1-3H3,(H,12,13). The molecular formula is C10H13NO2. The summed E-state index contributed by atoms with van der Waals surface area (Å²) in [5, 5.41) is 8.72. The van der Waals surface area contributed by atoms with Gasteiger partial charge in [0.2, 0.25) is 0 Å². The van der Waals surface area contributed by atoms with E-state index in [2.05, 4.69) is 4.98 Å². The molecule has 0 atom stereocenters. The summed E-state index contributed by atoms with van der Waals surface area (Å²) >= 11 is 0. The van der Waals surface area contributed by atoms with Crippen molar-refractivity contribution in [3.05, 3.63) is 29.1 Å². The first kappa shape index (κ1) is 9.71. The van der Waals surface area contributed by atoms with Crippen LogP contribution in [0.3, 0.4) is 0 Å². The molecular weight excluding hydrogens is 166 g/mol. The number of aryl methyl sites for hydroxylation is 1. The second-order valence-corrected chi connectivity index (χ2v) is 3.36. The van der Waals surface area contributed by atoms with E-state index in [4.69, 9.17) is 5.11 Å². The van der Waals surface area contributed by atoms with Crippen LogP contribution in [0.15, 0.2) is 12.1 Å². The molecule has 0 aliphatic carbocycles. The number of carboxylic acid groups (broad SMARTS) is 1. The summed E-state index contributed by atoms with van der Waals surface area (Å²) in [7, 11) is 0. The number of aromatic nitrogens is 1. The number of carbonyl (C=O) groups is 1. The summed E-state index contributed by atoms with van der Waals surface area (Å²) in [6.45, 7) is 5.94. The van der Waals surface area contributed by atoms with E-state index in [0.717, 1.165) is 11.3 Å². The topological polar surface area (TPSA) is 50.2 Å². The molecule has 0 aliphatic rings. The molecule has 0 aliphatic heterocycles. The van der Waals surface area contributed by atoms with Crippen molar-refractivity contribution in [2.45, 2.75) is 26.7 Å². The van der Waals surface area contributed by atoms with Crippen LogP contribution in [0.2, 0.25) is 0 Å². The Labute approximate surface area is 77.4 Å². The van der Waals surface area contributed by atoms with Crippen LogP contribution in [-0.4, -0.2) is 16.1 Å². The molecule has 0 unspecified atom stereocenters. The number of aromatic carboxylic acids is 1. The lowest BCUT2D eigenvalue weighted by molar-refractivity contribution is 0.0690. The van der Waals surface area contributed by atoms with Gasteiger partial charge in [0, 0.05) is 5.69 Å². The monoisotopic (exact) mass is 179 g/mol. The summed E-state index contributed by atoms with van der Waals surface area (Å²) in [5.74, 6) is -0.707. The second kappa shape index (κ2) is 3.56. The van der Waals surface area contributed by atoms with E-state index in [-0.39, 0.29) is 11.6 Å². The fourth-order valence-corrected chi connectivity index (χ4v) is 1.25. The summed E-state index contributed by atoms with van der Waals surface area (Å²) in [4.78, 5) is 14.7. The summed E-state index contributed by atoms with van der Waals surface area (Å²) in [5.41, 5.74) is 2.02. The number of nitrogens with zero attached hydrogens (tertiary/aromatic N) is 1. The summed E-state index contributed by atoms with van der Waals surface area (Å²) < 4.78 is 0. The van der Waals surface area contributed by atoms with Gasteiger partial charge < -0.3 is 5.11 Å². The van der Waals surface area contributed by atoms with Gasteiger partial charge in [-0.15, -0.1) is 0 Å². The Balaban J connectivity index is 3.19. The van der Waals surface area contributed by atoms with Crippen molar-refractivity contribution >= 4 is 5.97 Å². The molecule has 3 heteroatoms. The van der Waals surface area contributed by atoms with E-state index in [1.807, 2.05) is 20.8 Å². The van der Waals surface area contributed by atoms with Crippen molar-refractivity contribution in [3.63, 3.8) is 0 Å². The minimum Gasteiger partial charge on any atom is -0.477 e. The fraction of sp³-hybridized carbons (Fsp3) is 0.400. The zero-order chi connectivity index (χ0) is 10.0. The first-order chi connectivity index (χ1) is 6.02. The molecule has 0 spiro atoms. The molecule has 1 aromatic heterocycles. The number of rotatable bonds is 2. The average molecular weight is 179 g/mol. The van der Waals surface area contributed by atoms with Gasteiger partial charge in [0.05, 0.1) is 0 Å². The number of carboxylic acids is 1. The Hall–Kier alpha value is -1.38. The van der Waals surface area contributed by atoms with Gasteiger partial charge in [-0.2, -0.15) is 0 Å². The first-order valence-electron chi connectivity index (χ1n) is 4.23. The highest BCUT2D eigenvalue weighted by atomic mass is 16.4. The maximum absolute atomic E-state index is 10.6. The van der Waals surface area contributed by atoms with Crippen molar-refractivity contribution in [1.82, 2.24) is 4.98 Å². The normalized spacial score (nSPS) is 10.5. The molecule has 3 nitrogen and oxygen atoms in total. The molecule has 0 aromatic carbocycles. The van der Waals surface area contributed by atoms with Crippen molar-refractivity contribution in [1.29, 1.82) is 0 Å². The lowest BCUT2D eigenvalue weighted by Gasteiger charge is -2.08. The van der Waals surface area contributed by atoms with Crippen LogP contribution in [-0.2, 0) is 0 Å². The Kier molecular flexibility index (Phi) is 2.66. The molecule has 1 rings (SSSR count). The van der Waals surface area contributed by atoms with Gasteiger partial charge in [-0.25, -0.2) is 9.78 Å². The van der Waals surface area contributed by atoms with Gasteiger partial charge in [-0.1, -0.05) is 19.9 Å². The SMILES string of the molecule is Cc1ccc(C(=O)O)nc1C(C)C. The highest BCUT2D eigenvalue weighted by Crippen LogP contribution is 2.16. The Morgan fingerprint density at radius 3 is 2.54 bits per heavy atom. The molecule has 0 saturated carbocycles. The van der Waals surface area contributed by atoms with Crippen LogP contribution in [0.25, 0.3) is 0 Å². The minimum atomic E-state index is -0.970. The summed E-state index contributed by atoms with van der Waals surface area (Å²) in [6.07, 6.45) is 0. The van der Waals surface area contributed by atoms with Crippen molar-refractivity contribution in [3.8, 4) is 0 Å². The third-order valence-corrected chi connectivity index (χ3v) is 1.90. The van der Waals surface area contributed by atoms with E-state index in [1.54, 1.807) is 6.07 Å². The number of hydrogen-bond acceptors (Lipinski definition) is 2. The van der Waals surface area contributed by atoms with Gasteiger partial charge in [0.15, 0.2) is 0 Å². The van der Waals surface area contributed by atoms with Crippen LogP contribution in [0, 0.1) is 6.92 Å². The quantitative estimate of drug-likeness (QED) is 0.757. The minimum absolute atomic E-state index is 0.120. The Morgan fingerprint density at radius 2 is 2.08 bits per heavy atom. The molecule has 70 valence electrons. The lowest BCUT2D eigenvalue weighted by atomic mass is 10.0. The molecule has 1 aromatic rings. The molecule has 1 heterocycles. The van der Waals surface area contributed by atoms with E-state index >= 15 is 0 Å². The van der Waals surface area contributed by atoms with Gasteiger partial charge in [-0.05, 0) is 24.5 Å². The predicted octanol–water partition coefficient (Wildman–Crippen LogP) is 2.21. The smallest absolute Gasteiger partial charge is 0.354 e. The average Bonchev–Trinajstić information content (AvgIpc) is 2.04. The number of pyridine rings is 1. The fourth-order valence-electron chi connectivity index (χ4n) is 1.25. The molecule has 0 saturated heterocycles. The summed E-state index contributed by atoms with van der Waals surface area (Å²) in [6, 6.07) is 3.33. The second-order valence-electron chi connectivity index (χ2n) is 3.36. The lowest BCUT2D eigenvalue weighted by Crippen LogP contribution is -2.05. The maximum atomic E-state index is 10.6. The van der Waals surface area contributed by atoms with Crippen LogP contribution >= 0.6 is 0 Å². The molecule has 0 bridgehead atoms. The first-order valence-corrected chi connectivity index (χ1v) is 4.23. The van der Waals surface area contributed by atoms with Crippen molar-refractivity contribution in [2.24, 2.45) is 0 Å². The van der Waals surface area contributed by atoms with E-state index in [1.165, 1.54) is 6.07 Å². The van der Waals surface area contributed by atoms with E-state index < -0.39 is 5.97 Å². The molecule has 13 heavy (non-hydrogen) atoms. The Morgan fingerprint density at radius 1 is 1.46 bits per heavy atom. The highest BCUT2D eigenvalue weighted by Gasteiger charge is 2.09. The van der Waals surface area contributed by atoms with Crippen LogP contribution in [0.4, 0.5) is 0 Å². The van der Waals surface area contributed by atoms with Gasteiger partial charge in [0.1, 0.15) is 5.69 Å². The van der Waals surface area contributed by atoms with Crippen LogP contribution in [0.1, 0.15) is 41.5 Å². The highest BCUT2D eigenvalue weighted by molar-refractivity contribution is 5.85.